The zero-order valence-corrected chi connectivity index (χ0v) is 14.6. The third kappa shape index (κ3) is 3.90. The lowest BCUT2D eigenvalue weighted by molar-refractivity contribution is -0.119. The summed E-state index contributed by atoms with van der Waals surface area (Å²) in [5.74, 6) is 0.972. The molecule has 1 unspecified atom stereocenters. The zero-order valence-electron chi connectivity index (χ0n) is 13.9. The Balaban J connectivity index is 1.62. The number of para-hydroxylation sites is 2. The molecule has 1 atom stereocenters. The quantitative estimate of drug-likeness (QED) is 0.775. The number of nitrogens with zero attached hydrogens (tertiary/aromatic N) is 1. The number of fused-ring (bicyclic) bond motifs is 1. The summed E-state index contributed by atoms with van der Waals surface area (Å²) in [7, 11) is 0. The first-order valence-electron chi connectivity index (χ1n) is 8.48. The molecule has 0 aliphatic carbocycles. The minimum absolute atomic E-state index is 0.0696. The summed E-state index contributed by atoms with van der Waals surface area (Å²) in [6.45, 7) is 2.72. The molecular formula is C20H22ClNO2. The van der Waals surface area contributed by atoms with Gasteiger partial charge >= 0.3 is 0 Å². The number of hydrogen-bond acceptors (Lipinski definition) is 2. The molecule has 0 N–H and O–H groups in total. The number of aryl methyl sites for hydroxylation is 1. The van der Waals surface area contributed by atoms with Crippen LogP contribution in [0.5, 0.6) is 5.75 Å². The SMILES string of the molecule is CCC1CN(C(=O)CCCc2ccc(Cl)cc2)c2ccccc2O1. The van der Waals surface area contributed by atoms with Crippen LogP contribution in [0.3, 0.4) is 0 Å². The minimum Gasteiger partial charge on any atom is -0.486 e. The van der Waals surface area contributed by atoms with Gasteiger partial charge in [0.15, 0.2) is 0 Å². The number of carbonyl (C=O) groups is 1. The van der Waals surface area contributed by atoms with Gasteiger partial charge in [-0.15, -0.1) is 0 Å². The molecule has 2 aromatic carbocycles. The van der Waals surface area contributed by atoms with Crippen LogP contribution in [0.15, 0.2) is 48.5 Å². The van der Waals surface area contributed by atoms with Crippen LogP contribution < -0.4 is 9.64 Å². The molecule has 0 saturated carbocycles. The van der Waals surface area contributed by atoms with E-state index in [9.17, 15) is 4.79 Å². The second-order valence-electron chi connectivity index (χ2n) is 6.10. The Bertz CT molecular complexity index is 699. The van der Waals surface area contributed by atoms with Crippen molar-refractivity contribution in [3.63, 3.8) is 0 Å². The number of amides is 1. The Kier molecular flexibility index (Phi) is 5.41. The van der Waals surface area contributed by atoms with E-state index < -0.39 is 0 Å². The predicted octanol–water partition coefficient (Wildman–Crippen LogP) is 4.87. The van der Waals surface area contributed by atoms with Crippen LogP contribution in [0.4, 0.5) is 5.69 Å². The highest BCUT2D eigenvalue weighted by Crippen LogP contribution is 2.34. The molecule has 4 heteroatoms. The highest BCUT2D eigenvalue weighted by molar-refractivity contribution is 6.30. The van der Waals surface area contributed by atoms with Gasteiger partial charge in [-0.25, -0.2) is 0 Å². The van der Waals surface area contributed by atoms with Gasteiger partial charge in [0.2, 0.25) is 5.91 Å². The second kappa shape index (κ2) is 7.71. The summed E-state index contributed by atoms with van der Waals surface area (Å²) < 4.78 is 5.94. The molecule has 24 heavy (non-hydrogen) atoms. The van der Waals surface area contributed by atoms with Crippen LogP contribution >= 0.6 is 11.6 Å². The summed E-state index contributed by atoms with van der Waals surface area (Å²) >= 11 is 5.90. The average molecular weight is 344 g/mol. The predicted molar refractivity (Wildman–Crippen MR) is 97.9 cm³/mol. The van der Waals surface area contributed by atoms with Gasteiger partial charge in [-0.05, 0) is 49.1 Å². The summed E-state index contributed by atoms with van der Waals surface area (Å²) in [5.41, 5.74) is 2.10. The Morgan fingerprint density at radius 2 is 1.96 bits per heavy atom. The standard InChI is InChI=1S/C20H22ClNO2/c1-2-17-14-22(18-7-3-4-8-19(18)24-17)20(23)9-5-6-15-10-12-16(21)13-11-15/h3-4,7-8,10-13,17H,2,5-6,9,14H2,1H3. The highest BCUT2D eigenvalue weighted by Gasteiger charge is 2.28. The Labute approximate surface area is 148 Å². The van der Waals surface area contributed by atoms with Crippen molar-refractivity contribution < 1.29 is 9.53 Å². The van der Waals surface area contributed by atoms with Gasteiger partial charge in [0.1, 0.15) is 11.9 Å². The molecule has 0 spiro atoms. The van der Waals surface area contributed by atoms with Gasteiger partial charge < -0.3 is 9.64 Å². The summed E-state index contributed by atoms with van der Waals surface area (Å²) in [6.07, 6.45) is 3.21. The van der Waals surface area contributed by atoms with E-state index in [1.807, 2.05) is 53.4 Å². The maximum atomic E-state index is 12.7. The Morgan fingerprint density at radius 3 is 2.71 bits per heavy atom. The molecule has 0 bridgehead atoms. The van der Waals surface area contributed by atoms with Crippen molar-refractivity contribution >= 4 is 23.2 Å². The fraction of sp³-hybridized carbons (Fsp3) is 0.350. The van der Waals surface area contributed by atoms with Crippen molar-refractivity contribution in [1.29, 1.82) is 0 Å². The van der Waals surface area contributed by atoms with Crippen LogP contribution in [0.25, 0.3) is 0 Å². The first kappa shape index (κ1) is 16.8. The average Bonchev–Trinajstić information content (AvgIpc) is 2.62. The van der Waals surface area contributed by atoms with Gasteiger partial charge in [0.25, 0.3) is 0 Å². The van der Waals surface area contributed by atoms with E-state index >= 15 is 0 Å². The van der Waals surface area contributed by atoms with Gasteiger partial charge in [0, 0.05) is 11.4 Å². The molecule has 0 aromatic heterocycles. The van der Waals surface area contributed by atoms with Crippen molar-refractivity contribution in [3.8, 4) is 5.75 Å². The maximum absolute atomic E-state index is 12.7. The van der Waals surface area contributed by atoms with E-state index in [0.29, 0.717) is 13.0 Å². The number of ether oxygens (including phenoxy) is 1. The molecule has 1 amide bonds. The normalized spacial score (nSPS) is 16.4. The van der Waals surface area contributed by atoms with E-state index in [0.717, 1.165) is 35.7 Å². The molecule has 0 radical (unpaired) electrons. The summed E-state index contributed by atoms with van der Waals surface area (Å²) in [6, 6.07) is 15.6. The number of benzene rings is 2. The molecular weight excluding hydrogens is 322 g/mol. The summed E-state index contributed by atoms with van der Waals surface area (Å²) in [5, 5.41) is 0.741. The molecule has 3 nitrogen and oxygen atoms in total. The van der Waals surface area contributed by atoms with E-state index in [1.54, 1.807) is 0 Å². The van der Waals surface area contributed by atoms with E-state index in [4.69, 9.17) is 16.3 Å². The number of halogens is 1. The first-order valence-corrected chi connectivity index (χ1v) is 8.85. The van der Waals surface area contributed by atoms with E-state index in [2.05, 4.69) is 6.92 Å². The number of hydrogen-bond donors (Lipinski definition) is 0. The van der Waals surface area contributed by atoms with E-state index in [-0.39, 0.29) is 12.0 Å². The molecule has 1 aliphatic rings. The third-order valence-corrected chi connectivity index (χ3v) is 4.61. The maximum Gasteiger partial charge on any atom is 0.227 e. The molecule has 126 valence electrons. The van der Waals surface area contributed by atoms with Crippen molar-refractivity contribution in [1.82, 2.24) is 0 Å². The molecule has 1 heterocycles. The summed E-state index contributed by atoms with van der Waals surface area (Å²) in [4.78, 5) is 14.6. The lowest BCUT2D eigenvalue weighted by atomic mass is 10.1. The van der Waals surface area contributed by atoms with Crippen LogP contribution in [-0.2, 0) is 11.2 Å². The smallest absolute Gasteiger partial charge is 0.227 e. The monoisotopic (exact) mass is 343 g/mol. The first-order chi connectivity index (χ1) is 11.7. The van der Waals surface area contributed by atoms with Gasteiger partial charge in [0.05, 0.1) is 12.2 Å². The van der Waals surface area contributed by atoms with Crippen LogP contribution in [0, 0.1) is 0 Å². The fourth-order valence-electron chi connectivity index (χ4n) is 2.98. The molecule has 2 aromatic rings. The molecule has 0 fully saturated rings. The fourth-order valence-corrected chi connectivity index (χ4v) is 3.10. The second-order valence-corrected chi connectivity index (χ2v) is 6.54. The van der Waals surface area contributed by atoms with Crippen molar-refractivity contribution in [2.24, 2.45) is 0 Å². The number of carbonyl (C=O) groups excluding carboxylic acids is 1. The number of anilines is 1. The number of rotatable bonds is 5. The topological polar surface area (TPSA) is 29.5 Å². The van der Waals surface area contributed by atoms with Crippen LogP contribution in [0.2, 0.25) is 5.02 Å². The zero-order chi connectivity index (χ0) is 16.9. The molecule has 3 rings (SSSR count). The van der Waals surface area contributed by atoms with Gasteiger partial charge in [-0.1, -0.05) is 42.8 Å². The van der Waals surface area contributed by atoms with Gasteiger partial charge in [-0.2, -0.15) is 0 Å². The van der Waals surface area contributed by atoms with E-state index in [1.165, 1.54) is 5.56 Å². The minimum atomic E-state index is 0.0696. The van der Waals surface area contributed by atoms with Gasteiger partial charge in [-0.3, -0.25) is 4.79 Å². The van der Waals surface area contributed by atoms with Crippen LogP contribution in [-0.4, -0.2) is 18.6 Å². The van der Waals surface area contributed by atoms with Crippen LogP contribution in [0.1, 0.15) is 31.7 Å². The van der Waals surface area contributed by atoms with Crippen molar-refractivity contribution in [2.75, 3.05) is 11.4 Å². The lowest BCUT2D eigenvalue weighted by Crippen LogP contribution is -2.43. The molecule has 1 aliphatic heterocycles. The molecule has 0 saturated heterocycles. The van der Waals surface area contributed by atoms with Crippen molar-refractivity contribution in [2.45, 2.75) is 38.7 Å². The highest BCUT2D eigenvalue weighted by atomic mass is 35.5. The van der Waals surface area contributed by atoms with Crippen molar-refractivity contribution in [3.05, 3.63) is 59.1 Å². The Hall–Kier alpha value is -2.00. The lowest BCUT2D eigenvalue weighted by Gasteiger charge is -2.34. The Morgan fingerprint density at radius 1 is 1.21 bits per heavy atom. The third-order valence-electron chi connectivity index (χ3n) is 4.36. The largest absolute Gasteiger partial charge is 0.486 e.